The minimum absolute atomic E-state index is 0.291. The molecule has 0 aliphatic carbocycles. The van der Waals surface area contributed by atoms with E-state index in [-0.39, 0.29) is 5.82 Å². The number of imidazole rings is 1. The number of rotatable bonds is 1. The van der Waals surface area contributed by atoms with Gasteiger partial charge in [0.2, 0.25) is 0 Å². The first kappa shape index (κ1) is 9.86. The number of H-pyrrole nitrogens is 1. The van der Waals surface area contributed by atoms with Crippen molar-refractivity contribution in [2.45, 2.75) is 0 Å². The summed E-state index contributed by atoms with van der Waals surface area (Å²) in [5.74, 6) is -0.291. The van der Waals surface area contributed by atoms with Crippen LogP contribution in [-0.4, -0.2) is 9.97 Å². The summed E-state index contributed by atoms with van der Waals surface area (Å²) < 4.78 is 14.9. The number of hydrogen-bond donors (Lipinski definition) is 1. The van der Waals surface area contributed by atoms with Crippen LogP contribution in [0, 0.1) is 5.82 Å². The first-order valence-corrected chi connectivity index (χ1v) is 5.41. The highest BCUT2D eigenvalue weighted by atomic mass is 79.9. The van der Waals surface area contributed by atoms with Crippen LogP contribution in [0.3, 0.4) is 0 Å². The Morgan fingerprint density at radius 1 is 1.29 bits per heavy atom. The van der Waals surface area contributed by atoms with Gasteiger partial charge in [0.25, 0.3) is 0 Å². The molecule has 72 valence electrons. The van der Waals surface area contributed by atoms with Gasteiger partial charge < -0.3 is 4.98 Å². The summed E-state index contributed by atoms with van der Waals surface area (Å²) in [5.41, 5.74) is 1.04. The molecule has 2 nitrogen and oxygen atoms in total. The fourth-order valence-electron chi connectivity index (χ4n) is 1.15. The summed E-state index contributed by atoms with van der Waals surface area (Å²) >= 11 is 6.55. The van der Waals surface area contributed by atoms with Crippen LogP contribution in [0.4, 0.5) is 4.39 Å². The first-order valence-electron chi connectivity index (χ1n) is 3.83. The van der Waals surface area contributed by atoms with E-state index in [1.807, 2.05) is 0 Å². The van der Waals surface area contributed by atoms with Crippen LogP contribution in [0.5, 0.6) is 0 Å². The number of halogens is 3. The van der Waals surface area contributed by atoms with Crippen molar-refractivity contribution < 1.29 is 4.39 Å². The van der Waals surface area contributed by atoms with E-state index in [0.29, 0.717) is 15.9 Å². The van der Waals surface area contributed by atoms with Crippen molar-refractivity contribution in [3.8, 4) is 11.3 Å². The third kappa shape index (κ3) is 1.74. The van der Waals surface area contributed by atoms with Crippen LogP contribution in [0.25, 0.3) is 11.3 Å². The maximum absolute atomic E-state index is 13.4. The minimum atomic E-state index is -0.291. The van der Waals surface area contributed by atoms with Crippen LogP contribution in [0.15, 0.2) is 33.6 Å². The highest BCUT2D eigenvalue weighted by Crippen LogP contribution is 2.29. The zero-order valence-corrected chi connectivity index (χ0v) is 10.1. The zero-order valence-electron chi connectivity index (χ0n) is 6.89. The average molecular weight is 320 g/mol. The Hall–Kier alpha value is -0.680. The minimum Gasteiger partial charge on any atom is -0.339 e. The second-order valence-corrected chi connectivity index (χ2v) is 4.40. The fraction of sp³-hybridized carbons (Fsp3) is 0. The third-order valence-electron chi connectivity index (χ3n) is 1.78. The van der Waals surface area contributed by atoms with Crippen LogP contribution >= 0.6 is 31.9 Å². The van der Waals surface area contributed by atoms with Crippen molar-refractivity contribution in [3.05, 3.63) is 39.4 Å². The molecule has 0 saturated heterocycles. The summed E-state index contributed by atoms with van der Waals surface area (Å²) in [6.07, 6.45) is 1.51. The molecule has 0 unspecified atom stereocenters. The zero-order chi connectivity index (χ0) is 10.1. The lowest BCUT2D eigenvalue weighted by Crippen LogP contribution is -1.85. The van der Waals surface area contributed by atoms with Crippen LogP contribution in [0.1, 0.15) is 0 Å². The van der Waals surface area contributed by atoms with Crippen molar-refractivity contribution in [3.63, 3.8) is 0 Å². The Morgan fingerprint density at radius 3 is 2.71 bits per heavy atom. The predicted molar refractivity (Wildman–Crippen MR) is 59.4 cm³/mol. The van der Waals surface area contributed by atoms with E-state index in [4.69, 9.17) is 0 Å². The van der Waals surface area contributed by atoms with Gasteiger partial charge in [0, 0.05) is 10.0 Å². The smallest absolute Gasteiger partial charge is 0.132 e. The molecule has 0 radical (unpaired) electrons. The molecule has 5 heteroatoms. The number of hydrogen-bond acceptors (Lipinski definition) is 1. The normalized spacial score (nSPS) is 10.5. The molecule has 1 heterocycles. The van der Waals surface area contributed by atoms with Crippen LogP contribution < -0.4 is 0 Å². The average Bonchev–Trinajstić information content (AvgIpc) is 2.56. The molecule has 1 aromatic carbocycles. The van der Waals surface area contributed by atoms with Gasteiger partial charge in [-0.25, -0.2) is 9.37 Å². The quantitative estimate of drug-likeness (QED) is 0.852. The fourth-order valence-corrected chi connectivity index (χ4v) is 1.92. The second kappa shape index (κ2) is 3.82. The molecule has 0 saturated carbocycles. The van der Waals surface area contributed by atoms with Crippen LogP contribution in [-0.2, 0) is 0 Å². The Morgan fingerprint density at radius 2 is 2.07 bits per heavy atom. The molecule has 0 fully saturated rings. The molecule has 1 N–H and O–H groups in total. The number of nitrogens with zero attached hydrogens (tertiary/aromatic N) is 1. The summed E-state index contributed by atoms with van der Waals surface area (Å²) in [5, 5.41) is 0. The number of aromatic amines is 1. The highest BCUT2D eigenvalue weighted by molar-refractivity contribution is 9.10. The maximum Gasteiger partial charge on any atom is 0.132 e. The molecule has 0 atom stereocenters. The largest absolute Gasteiger partial charge is 0.339 e. The highest BCUT2D eigenvalue weighted by Gasteiger charge is 2.11. The molecule has 0 spiro atoms. The van der Waals surface area contributed by atoms with Gasteiger partial charge in [-0.1, -0.05) is 15.9 Å². The van der Waals surface area contributed by atoms with Gasteiger partial charge in [-0.2, -0.15) is 0 Å². The SMILES string of the molecule is Fc1ccc(Br)cc1-c1nc[nH]c1Br. The number of benzene rings is 1. The Kier molecular flexibility index (Phi) is 2.69. The molecule has 0 bridgehead atoms. The lowest BCUT2D eigenvalue weighted by Gasteiger charge is -2.00. The summed E-state index contributed by atoms with van der Waals surface area (Å²) in [6, 6.07) is 4.75. The molecule has 0 amide bonds. The molecule has 0 aliphatic rings. The molecule has 0 aliphatic heterocycles. The second-order valence-electron chi connectivity index (χ2n) is 2.69. The Labute approximate surface area is 96.8 Å². The molecular weight excluding hydrogens is 315 g/mol. The van der Waals surface area contributed by atoms with Gasteiger partial charge in [0.05, 0.1) is 6.33 Å². The van der Waals surface area contributed by atoms with Crippen molar-refractivity contribution in [1.29, 1.82) is 0 Å². The topological polar surface area (TPSA) is 28.7 Å². The molecule has 2 rings (SSSR count). The van der Waals surface area contributed by atoms with Gasteiger partial charge >= 0.3 is 0 Å². The van der Waals surface area contributed by atoms with Gasteiger partial charge in [-0.3, -0.25) is 0 Å². The third-order valence-corrected chi connectivity index (χ3v) is 2.87. The first-order chi connectivity index (χ1) is 6.68. The standard InChI is InChI=1S/C9H5Br2FN2/c10-5-1-2-7(12)6(3-5)8-9(11)14-4-13-8/h1-4H,(H,13,14). The van der Waals surface area contributed by atoms with Crippen LogP contribution in [0.2, 0.25) is 0 Å². The number of nitrogens with one attached hydrogen (secondary N) is 1. The van der Waals surface area contributed by atoms with E-state index in [0.717, 1.165) is 4.47 Å². The van der Waals surface area contributed by atoms with E-state index < -0.39 is 0 Å². The lowest BCUT2D eigenvalue weighted by atomic mass is 10.1. The predicted octanol–water partition coefficient (Wildman–Crippen LogP) is 3.74. The molecule has 2 aromatic rings. The van der Waals surface area contributed by atoms with Gasteiger partial charge in [0.15, 0.2) is 0 Å². The molecular formula is C9H5Br2FN2. The summed E-state index contributed by atoms with van der Waals surface area (Å²) in [7, 11) is 0. The van der Waals surface area contributed by atoms with Gasteiger partial charge in [-0.15, -0.1) is 0 Å². The van der Waals surface area contributed by atoms with Gasteiger partial charge in [0.1, 0.15) is 16.1 Å². The molecule has 14 heavy (non-hydrogen) atoms. The van der Waals surface area contributed by atoms with E-state index in [1.54, 1.807) is 12.1 Å². The van der Waals surface area contributed by atoms with E-state index in [9.17, 15) is 4.39 Å². The Balaban J connectivity index is 2.62. The lowest BCUT2D eigenvalue weighted by molar-refractivity contribution is 0.630. The van der Waals surface area contributed by atoms with Crippen molar-refractivity contribution >= 4 is 31.9 Å². The maximum atomic E-state index is 13.4. The molecule has 1 aromatic heterocycles. The summed E-state index contributed by atoms with van der Waals surface area (Å²) in [4.78, 5) is 6.86. The van der Waals surface area contributed by atoms with Crippen molar-refractivity contribution in [2.24, 2.45) is 0 Å². The van der Waals surface area contributed by atoms with Crippen molar-refractivity contribution in [1.82, 2.24) is 9.97 Å². The summed E-state index contributed by atoms with van der Waals surface area (Å²) in [6.45, 7) is 0. The van der Waals surface area contributed by atoms with E-state index >= 15 is 0 Å². The number of aromatic nitrogens is 2. The van der Waals surface area contributed by atoms with Gasteiger partial charge in [-0.05, 0) is 34.1 Å². The van der Waals surface area contributed by atoms with E-state index in [1.165, 1.54) is 12.4 Å². The Bertz CT molecular complexity index is 468. The van der Waals surface area contributed by atoms with E-state index in [2.05, 4.69) is 41.8 Å². The van der Waals surface area contributed by atoms with Crippen molar-refractivity contribution in [2.75, 3.05) is 0 Å². The monoisotopic (exact) mass is 318 g/mol.